The van der Waals surface area contributed by atoms with Crippen molar-refractivity contribution in [2.45, 2.75) is 115 Å². The van der Waals surface area contributed by atoms with Crippen molar-refractivity contribution in [3.63, 3.8) is 0 Å². The topological polar surface area (TPSA) is 156 Å². The molecule has 0 radical (unpaired) electrons. The highest BCUT2D eigenvalue weighted by Crippen LogP contribution is 2.30. The number of nitrogens with zero attached hydrogens (tertiary/aromatic N) is 2. The molecule has 0 spiro atoms. The summed E-state index contributed by atoms with van der Waals surface area (Å²) in [7, 11) is 5.93. The van der Waals surface area contributed by atoms with Crippen molar-refractivity contribution in [1.29, 1.82) is 0 Å². The number of nitrogens with one attached hydrogen (secondary N) is 3. The van der Waals surface area contributed by atoms with E-state index in [1.165, 1.54) is 26.2 Å². The molecule has 0 aromatic heterocycles. The van der Waals surface area contributed by atoms with E-state index in [9.17, 15) is 24.0 Å². The first-order valence-corrected chi connectivity index (χ1v) is 18.9. The number of benzene rings is 1. The molecule has 9 atom stereocenters. The lowest BCUT2D eigenvalue weighted by Crippen LogP contribution is -2.59. The highest BCUT2D eigenvalue weighted by atomic mass is 19.1. The minimum Gasteiger partial charge on any atom is -0.467 e. The molecule has 4 amide bonds. The number of hydrogen-bond donors (Lipinski definition) is 3. The van der Waals surface area contributed by atoms with Gasteiger partial charge in [0.05, 0.1) is 43.7 Å². The summed E-state index contributed by atoms with van der Waals surface area (Å²) in [5, 5.41) is 8.39. The van der Waals surface area contributed by atoms with Gasteiger partial charge in [-0.05, 0) is 36.8 Å². The van der Waals surface area contributed by atoms with Crippen LogP contribution in [0.5, 0.6) is 0 Å². The van der Waals surface area contributed by atoms with Gasteiger partial charge in [-0.3, -0.25) is 19.2 Å². The Morgan fingerprint density at radius 3 is 2.26 bits per heavy atom. The van der Waals surface area contributed by atoms with E-state index < -0.39 is 71.7 Å². The number of carbonyl (C=O) groups is 5. The maximum absolute atomic E-state index is 15.3. The van der Waals surface area contributed by atoms with Crippen molar-refractivity contribution in [2.75, 3.05) is 48.0 Å². The molecule has 0 aliphatic carbocycles. The van der Waals surface area contributed by atoms with Gasteiger partial charge in [-0.25, -0.2) is 9.18 Å². The molecule has 2 saturated heterocycles. The van der Waals surface area contributed by atoms with Crippen LogP contribution in [-0.2, 0) is 44.6 Å². The quantitative estimate of drug-likeness (QED) is 0.181. The van der Waals surface area contributed by atoms with Crippen LogP contribution >= 0.6 is 0 Å². The number of alkyl halides is 1. The zero-order valence-electron chi connectivity index (χ0n) is 33.0. The van der Waals surface area contributed by atoms with Crippen LogP contribution in [0.25, 0.3) is 0 Å². The monoisotopic (exact) mass is 747 g/mol. The molecular weight excluding hydrogens is 685 g/mol. The zero-order chi connectivity index (χ0) is 39.5. The van der Waals surface area contributed by atoms with E-state index in [1.54, 1.807) is 32.7 Å². The molecule has 3 N–H and O–H groups in total. The first-order chi connectivity index (χ1) is 25.1. The number of hydrogen-bond acceptors (Lipinski definition) is 9. The predicted molar refractivity (Wildman–Crippen MR) is 198 cm³/mol. The average Bonchev–Trinajstić information content (AvgIpc) is 3.83. The van der Waals surface area contributed by atoms with E-state index in [0.29, 0.717) is 32.4 Å². The minimum atomic E-state index is -2.08. The van der Waals surface area contributed by atoms with Gasteiger partial charge < -0.3 is 40.0 Å². The molecule has 53 heavy (non-hydrogen) atoms. The van der Waals surface area contributed by atoms with E-state index in [-0.39, 0.29) is 43.6 Å². The summed E-state index contributed by atoms with van der Waals surface area (Å²) in [5.41, 5.74) is -1.22. The fraction of sp³-hybridized carbons (Fsp3) is 0.718. The van der Waals surface area contributed by atoms with Crippen LogP contribution in [0.1, 0.15) is 72.3 Å². The smallest absolute Gasteiger partial charge is 0.328 e. The van der Waals surface area contributed by atoms with E-state index in [4.69, 9.17) is 14.2 Å². The van der Waals surface area contributed by atoms with Gasteiger partial charge in [0, 0.05) is 47.2 Å². The first-order valence-electron chi connectivity index (χ1n) is 18.9. The standard InChI is InChI=1S/C39H62FN5O8/c1-10-25(4)33(44(6)36(48)32(24(2)3)43-38(50)39(40)18-19-41-23-39)30(51-7)22-31(46)45-20-14-17-29(45)34(52-8)26(5)35(47)42-28(37(49)53-9)21-27-15-12-11-13-16-27/h11-13,15-16,24-26,28-30,32-34,41H,10,14,17-23H2,1-9H3,(H,42,47)(H,43,50). The molecule has 1 aromatic rings. The maximum Gasteiger partial charge on any atom is 0.328 e. The molecule has 3 rings (SSSR count). The Kier molecular flexibility index (Phi) is 16.7. The van der Waals surface area contributed by atoms with E-state index in [2.05, 4.69) is 16.0 Å². The van der Waals surface area contributed by atoms with Crippen LogP contribution in [0.15, 0.2) is 30.3 Å². The van der Waals surface area contributed by atoms with Crippen LogP contribution in [0.3, 0.4) is 0 Å². The fourth-order valence-corrected chi connectivity index (χ4v) is 7.65. The van der Waals surface area contributed by atoms with Crippen LogP contribution in [0.2, 0.25) is 0 Å². The summed E-state index contributed by atoms with van der Waals surface area (Å²) in [6.45, 7) is 10.0. The number of methoxy groups -OCH3 is 3. The summed E-state index contributed by atoms with van der Waals surface area (Å²) in [4.78, 5) is 70.7. The number of carbonyl (C=O) groups excluding carboxylic acids is 5. The number of rotatable bonds is 19. The number of ether oxygens (including phenoxy) is 3. The van der Waals surface area contributed by atoms with Crippen molar-refractivity contribution in [3.05, 3.63) is 35.9 Å². The molecule has 14 heteroatoms. The molecular formula is C39H62FN5O8. The Bertz CT molecular complexity index is 1380. The van der Waals surface area contributed by atoms with Gasteiger partial charge in [-0.1, -0.05) is 71.4 Å². The summed E-state index contributed by atoms with van der Waals surface area (Å²) >= 11 is 0. The number of amides is 4. The van der Waals surface area contributed by atoms with Crippen molar-refractivity contribution in [2.24, 2.45) is 17.8 Å². The highest BCUT2D eigenvalue weighted by molar-refractivity contribution is 5.92. The first kappa shape index (κ1) is 43.8. The Balaban J connectivity index is 1.77. The zero-order valence-corrected chi connectivity index (χ0v) is 33.0. The summed E-state index contributed by atoms with van der Waals surface area (Å²) in [6.07, 6.45) is 0.854. The van der Waals surface area contributed by atoms with Gasteiger partial charge in [0.2, 0.25) is 23.4 Å². The molecule has 0 saturated carbocycles. The van der Waals surface area contributed by atoms with Crippen molar-refractivity contribution < 1.29 is 42.6 Å². The maximum atomic E-state index is 15.3. The van der Waals surface area contributed by atoms with Crippen molar-refractivity contribution in [3.8, 4) is 0 Å². The Hall–Kier alpha value is -3.62. The second kappa shape index (κ2) is 20.2. The second-order valence-corrected chi connectivity index (χ2v) is 15.0. The Morgan fingerprint density at radius 1 is 1.04 bits per heavy atom. The minimum absolute atomic E-state index is 0.0319. The lowest BCUT2D eigenvalue weighted by atomic mass is 9.89. The van der Waals surface area contributed by atoms with Crippen LogP contribution in [0, 0.1) is 17.8 Å². The molecule has 298 valence electrons. The summed E-state index contributed by atoms with van der Waals surface area (Å²) in [6, 6.07) is 6.47. The van der Waals surface area contributed by atoms with Gasteiger partial charge in [-0.15, -0.1) is 0 Å². The van der Waals surface area contributed by atoms with E-state index in [1.807, 2.05) is 44.2 Å². The molecule has 13 nitrogen and oxygen atoms in total. The average molecular weight is 748 g/mol. The second-order valence-electron chi connectivity index (χ2n) is 15.0. The highest BCUT2D eigenvalue weighted by Gasteiger charge is 2.46. The number of likely N-dealkylation sites (tertiary alicyclic amines) is 1. The third kappa shape index (κ3) is 11.0. The lowest BCUT2D eigenvalue weighted by molar-refractivity contribution is -0.149. The molecule has 2 aliphatic heterocycles. The summed E-state index contributed by atoms with van der Waals surface area (Å²) in [5.74, 6) is -3.52. The van der Waals surface area contributed by atoms with Gasteiger partial charge >= 0.3 is 5.97 Å². The molecule has 2 fully saturated rings. The molecule has 2 heterocycles. The van der Waals surface area contributed by atoms with Crippen molar-refractivity contribution in [1.82, 2.24) is 25.8 Å². The van der Waals surface area contributed by atoms with Crippen molar-refractivity contribution >= 4 is 29.6 Å². The molecule has 1 aromatic carbocycles. The number of esters is 1. The van der Waals surface area contributed by atoms with Crippen LogP contribution < -0.4 is 16.0 Å². The van der Waals surface area contributed by atoms with Gasteiger partial charge in [0.25, 0.3) is 5.91 Å². The fourth-order valence-electron chi connectivity index (χ4n) is 7.65. The van der Waals surface area contributed by atoms with Crippen LogP contribution in [-0.4, -0.2) is 129 Å². The number of likely N-dealkylation sites (N-methyl/N-ethyl adjacent to an activating group) is 1. The van der Waals surface area contributed by atoms with E-state index in [0.717, 1.165) is 5.56 Å². The largest absolute Gasteiger partial charge is 0.467 e. The third-order valence-corrected chi connectivity index (χ3v) is 11.1. The third-order valence-electron chi connectivity index (χ3n) is 11.1. The molecule has 2 aliphatic rings. The SMILES string of the molecule is CCC(C)C(C(CC(=O)N1CCCC1C(OC)C(C)C(=O)NC(Cc1ccccc1)C(=O)OC)OC)N(C)C(=O)C(NC(=O)C1(F)CCNC1)C(C)C. The molecule has 0 bridgehead atoms. The lowest BCUT2D eigenvalue weighted by Gasteiger charge is -2.41. The number of halogens is 1. The van der Waals surface area contributed by atoms with E-state index >= 15 is 4.39 Å². The summed E-state index contributed by atoms with van der Waals surface area (Å²) < 4.78 is 32.1. The Labute approximate surface area is 314 Å². The van der Waals surface area contributed by atoms with Crippen LogP contribution in [0.4, 0.5) is 4.39 Å². The van der Waals surface area contributed by atoms with Gasteiger partial charge in [0.15, 0.2) is 0 Å². The van der Waals surface area contributed by atoms with Gasteiger partial charge in [0.1, 0.15) is 12.1 Å². The predicted octanol–water partition coefficient (Wildman–Crippen LogP) is 2.65. The Morgan fingerprint density at radius 2 is 1.72 bits per heavy atom. The molecule has 9 unspecified atom stereocenters. The van der Waals surface area contributed by atoms with Gasteiger partial charge in [-0.2, -0.15) is 0 Å². The normalized spacial score (nSPS) is 22.6.